The molecule has 11 heteroatoms. The van der Waals surface area contributed by atoms with Crippen LogP contribution in [-0.2, 0) is 20.0 Å². The van der Waals surface area contributed by atoms with E-state index in [2.05, 4.69) is 14.4 Å². The zero-order valence-electron chi connectivity index (χ0n) is 15.0. The van der Waals surface area contributed by atoms with Gasteiger partial charge in [0.25, 0.3) is 20.0 Å². The lowest BCUT2D eigenvalue weighted by molar-refractivity contribution is 0.385. The number of hydrogen-bond donors (Lipinski definition) is 2. The number of nitrogens with zero attached hydrogens (tertiary/aromatic N) is 1. The van der Waals surface area contributed by atoms with Crippen LogP contribution in [0.25, 0.3) is 0 Å². The minimum absolute atomic E-state index is 0.0819. The molecule has 2 N–H and O–H groups in total. The highest BCUT2D eigenvalue weighted by atomic mass is 32.2. The van der Waals surface area contributed by atoms with Gasteiger partial charge in [-0.05, 0) is 54.6 Å². The zero-order valence-corrected chi connectivity index (χ0v) is 16.7. The van der Waals surface area contributed by atoms with Crippen LogP contribution in [-0.4, -0.2) is 28.9 Å². The molecule has 0 radical (unpaired) electrons. The van der Waals surface area contributed by atoms with E-state index in [0.29, 0.717) is 0 Å². The number of ether oxygens (including phenoxy) is 1. The minimum Gasteiger partial charge on any atom is -0.494 e. The normalized spacial score (nSPS) is 11.7. The summed E-state index contributed by atoms with van der Waals surface area (Å²) in [6.45, 7) is 0. The molecule has 1 aromatic heterocycles. The number of rotatable bonds is 7. The molecule has 0 aliphatic heterocycles. The second-order valence-electron chi connectivity index (χ2n) is 5.75. The summed E-state index contributed by atoms with van der Waals surface area (Å²) in [5.74, 6) is -0.755. The Labute approximate surface area is 167 Å². The standard InChI is InChI=1S/C18H16FN3O5S2/c1-27-17-10-9-15(12-16(17)19)29(25,26)21-13-5-7-14(8-6-13)28(23,24)22-18-4-2-3-11-20-18/h2-12,21H,1H3,(H,20,22). The van der Waals surface area contributed by atoms with E-state index in [9.17, 15) is 21.2 Å². The van der Waals surface area contributed by atoms with Gasteiger partial charge in [0, 0.05) is 11.9 Å². The quantitative estimate of drug-likeness (QED) is 0.587. The first kappa shape index (κ1) is 20.6. The Morgan fingerprint density at radius 2 is 1.52 bits per heavy atom. The molecule has 0 aliphatic carbocycles. The van der Waals surface area contributed by atoms with Gasteiger partial charge in [-0.25, -0.2) is 26.2 Å². The van der Waals surface area contributed by atoms with Gasteiger partial charge in [-0.15, -0.1) is 0 Å². The van der Waals surface area contributed by atoms with Crippen molar-refractivity contribution in [1.29, 1.82) is 0 Å². The predicted octanol–water partition coefficient (Wildman–Crippen LogP) is 2.83. The number of pyridine rings is 1. The summed E-state index contributed by atoms with van der Waals surface area (Å²) in [4.78, 5) is 3.50. The van der Waals surface area contributed by atoms with E-state index in [1.165, 1.54) is 55.8 Å². The van der Waals surface area contributed by atoms with Crippen LogP contribution in [0.3, 0.4) is 0 Å². The molecule has 0 aliphatic rings. The zero-order chi connectivity index (χ0) is 21.1. The maximum atomic E-state index is 13.8. The first-order valence-corrected chi connectivity index (χ1v) is 11.1. The number of nitrogens with one attached hydrogen (secondary N) is 2. The van der Waals surface area contributed by atoms with Crippen molar-refractivity contribution in [3.8, 4) is 5.75 Å². The summed E-state index contributed by atoms with van der Waals surface area (Å²) in [5.41, 5.74) is 0.109. The average Bonchev–Trinajstić information content (AvgIpc) is 2.68. The second kappa shape index (κ2) is 8.05. The Kier molecular flexibility index (Phi) is 5.71. The number of sulfonamides is 2. The molecule has 0 atom stereocenters. The van der Waals surface area contributed by atoms with Gasteiger partial charge in [-0.3, -0.25) is 9.44 Å². The van der Waals surface area contributed by atoms with Crippen molar-refractivity contribution in [3.63, 3.8) is 0 Å². The number of aromatic nitrogens is 1. The molecule has 152 valence electrons. The second-order valence-corrected chi connectivity index (χ2v) is 9.11. The Balaban J connectivity index is 1.79. The molecule has 8 nitrogen and oxygen atoms in total. The van der Waals surface area contributed by atoms with Crippen LogP contribution in [0, 0.1) is 5.82 Å². The van der Waals surface area contributed by atoms with E-state index in [1.54, 1.807) is 12.1 Å². The fourth-order valence-corrected chi connectivity index (χ4v) is 4.43. The molecule has 3 rings (SSSR count). The van der Waals surface area contributed by atoms with Crippen LogP contribution >= 0.6 is 0 Å². The summed E-state index contributed by atoms with van der Waals surface area (Å²) in [6, 6.07) is 13.0. The van der Waals surface area contributed by atoms with E-state index in [1.807, 2.05) is 0 Å². The van der Waals surface area contributed by atoms with Gasteiger partial charge < -0.3 is 4.74 Å². The van der Waals surface area contributed by atoms with Crippen LogP contribution in [0.15, 0.2) is 76.7 Å². The van der Waals surface area contributed by atoms with E-state index < -0.39 is 25.9 Å². The number of benzene rings is 2. The van der Waals surface area contributed by atoms with Crippen LogP contribution in [0.1, 0.15) is 0 Å². The van der Waals surface area contributed by atoms with Crippen molar-refractivity contribution in [1.82, 2.24) is 4.98 Å². The fourth-order valence-electron chi connectivity index (χ4n) is 2.35. The van der Waals surface area contributed by atoms with Gasteiger partial charge >= 0.3 is 0 Å². The maximum Gasteiger partial charge on any atom is 0.263 e. The lowest BCUT2D eigenvalue weighted by atomic mass is 10.3. The van der Waals surface area contributed by atoms with Gasteiger partial charge in [0.15, 0.2) is 11.6 Å². The Morgan fingerprint density at radius 1 is 0.862 bits per heavy atom. The third-order valence-corrected chi connectivity index (χ3v) is 6.50. The summed E-state index contributed by atoms with van der Waals surface area (Å²) in [6.07, 6.45) is 1.44. The van der Waals surface area contributed by atoms with Crippen LogP contribution in [0.5, 0.6) is 5.75 Å². The van der Waals surface area contributed by atoms with E-state index in [0.717, 1.165) is 6.07 Å². The van der Waals surface area contributed by atoms with Crippen molar-refractivity contribution in [3.05, 3.63) is 72.7 Å². The smallest absolute Gasteiger partial charge is 0.263 e. The van der Waals surface area contributed by atoms with Crippen molar-refractivity contribution in [2.75, 3.05) is 16.6 Å². The van der Waals surface area contributed by atoms with E-state index in [-0.39, 0.29) is 27.0 Å². The van der Waals surface area contributed by atoms with Crippen LogP contribution in [0.4, 0.5) is 15.9 Å². The number of hydrogen-bond acceptors (Lipinski definition) is 6. The Bertz CT molecular complexity index is 1220. The molecule has 0 bridgehead atoms. The highest BCUT2D eigenvalue weighted by Gasteiger charge is 2.18. The Hall–Kier alpha value is -3.18. The van der Waals surface area contributed by atoms with Crippen molar-refractivity contribution in [2.45, 2.75) is 9.79 Å². The number of halogens is 1. The largest absolute Gasteiger partial charge is 0.494 e. The third-order valence-electron chi connectivity index (χ3n) is 3.75. The lowest BCUT2D eigenvalue weighted by Gasteiger charge is -2.11. The van der Waals surface area contributed by atoms with Gasteiger partial charge in [-0.2, -0.15) is 0 Å². The average molecular weight is 437 g/mol. The highest BCUT2D eigenvalue weighted by Crippen LogP contribution is 2.23. The molecule has 0 saturated heterocycles. The van der Waals surface area contributed by atoms with Crippen LogP contribution in [0.2, 0.25) is 0 Å². The molecule has 0 spiro atoms. The molecule has 0 fully saturated rings. The molecule has 29 heavy (non-hydrogen) atoms. The van der Waals surface area contributed by atoms with Gasteiger partial charge in [0.05, 0.1) is 16.9 Å². The van der Waals surface area contributed by atoms with Crippen LogP contribution < -0.4 is 14.2 Å². The molecular weight excluding hydrogens is 421 g/mol. The van der Waals surface area contributed by atoms with Gasteiger partial charge in [0.1, 0.15) is 5.82 Å². The molecule has 3 aromatic rings. The summed E-state index contributed by atoms with van der Waals surface area (Å²) in [5, 5.41) is 0. The SMILES string of the molecule is COc1ccc(S(=O)(=O)Nc2ccc(S(=O)(=O)Nc3ccccn3)cc2)cc1F. The summed E-state index contributed by atoms with van der Waals surface area (Å²) >= 11 is 0. The first-order chi connectivity index (χ1) is 13.7. The van der Waals surface area contributed by atoms with Gasteiger partial charge in [-0.1, -0.05) is 6.07 Å². The minimum atomic E-state index is -4.08. The van der Waals surface area contributed by atoms with E-state index >= 15 is 0 Å². The molecule has 1 heterocycles. The number of methoxy groups -OCH3 is 1. The molecular formula is C18H16FN3O5S2. The predicted molar refractivity (Wildman–Crippen MR) is 105 cm³/mol. The Morgan fingerprint density at radius 3 is 2.10 bits per heavy atom. The third kappa shape index (κ3) is 4.81. The van der Waals surface area contributed by atoms with Crippen molar-refractivity contribution in [2.24, 2.45) is 0 Å². The maximum absolute atomic E-state index is 13.8. The van der Waals surface area contributed by atoms with Gasteiger partial charge in [0.2, 0.25) is 0 Å². The molecule has 2 aromatic carbocycles. The first-order valence-electron chi connectivity index (χ1n) is 8.11. The highest BCUT2D eigenvalue weighted by molar-refractivity contribution is 7.93. The molecule has 0 amide bonds. The molecule has 0 unspecified atom stereocenters. The van der Waals surface area contributed by atoms with Crippen molar-refractivity contribution >= 4 is 31.6 Å². The monoisotopic (exact) mass is 437 g/mol. The summed E-state index contributed by atoms with van der Waals surface area (Å²) in [7, 11) is -6.70. The number of anilines is 2. The topological polar surface area (TPSA) is 114 Å². The lowest BCUT2D eigenvalue weighted by Crippen LogP contribution is -2.15. The van der Waals surface area contributed by atoms with E-state index in [4.69, 9.17) is 4.74 Å². The fraction of sp³-hybridized carbons (Fsp3) is 0.0556. The van der Waals surface area contributed by atoms with Crippen molar-refractivity contribution < 1.29 is 26.0 Å². The summed E-state index contributed by atoms with van der Waals surface area (Å²) < 4.78 is 72.7. The molecule has 0 saturated carbocycles.